The fourth-order valence-electron chi connectivity index (χ4n) is 3.94. The normalized spacial score (nSPS) is 21.6. The third kappa shape index (κ3) is 2.55. The molecule has 3 aliphatic rings. The number of hydrogen-bond donors (Lipinski definition) is 2. The lowest BCUT2D eigenvalue weighted by Gasteiger charge is -2.27. The number of rotatable bonds is 2. The van der Waals surface area contributed by atoms with Crippen molar-refractivity contribution in [3.63, 3.8) is 0 Å². The van der Waals surface area contributed by atoms with Gasteiger partial charge in [0.25, 0.3) is 0 Å². The van der Waals surface area contributed by atoms with Crippen LogP contribution in [0.2, 0.25) is 0 Å². The molecule has 1 unspecified atom stereocenters. The molecular formula is C20H20FN3O. The monoisotopic (exact) mass is 337 g/mol. The van der Waals surface area contributed by atoms with E-state index >= 15 is 0 Å². The van der Waals surface area contributed by atoms with Crippen molar-refractivity contribution >= 4 is 29.3 Å². The predicted molar refractivity (Wildman–Crippen MR) is 97.3 cm³/mol. The van der Waals surface area contributed by atoms with Crippen LogP contribution in [0.4, 0.5) is 21.5 Å². The van der Waals surface area contributed by atoms with E-state index in [1.54, 1.807) is 12.1 Å². The van der Waals surface area contributed by atoms with Crippen LogP contribution in [0.15, 0.2) is 36.4 Å². The first-order valence-corrected chi connectivity index (χ1v) is 8.80. The van der Waals surface area contributed by atoms with Crippen LogP contribution >= 0.6 is 0 Å². The number of hydrazine groups is 1. The SMILES string of the molecule is Fc1ccc(N2NC=c3cc4c(cc32)=CC(C2CCOCC2)N4)cc1. The van der Waals surface area contributed by atoms with E-state index in [1.165, 1.54) is 23.0 Å². The molecule has 1 saturated heterocycles. The summed E-state index contributed by atoms with van der Waals surface area (Å²) in [7, 11) is 0. The molecule has 4 nitrogen and oxygen atoms in total. The minimum Gasteiger partial charge on any atom is -0.381 e. The van der Waals surface area contributed by atoms with E-state index in [-0.39, 0.29) is 5.82 Å². The second-order valence-corrected chi connectivity index (χ2v) is 6.87. The van der Waals surface area contributed by atoms with Crippen molar-refractivity contribution < 1.29 is 9.13 Å². The van der Waals surface area contributed by atoms with Crippen molar-refractivity contribution in [1.82, 2.24) is 5.43 Å². The Kier molecular flexibility index (Phi) is 3.41. The van der Waals surface area contributed by atoms with Crippen LogP contribution in [0, 0.1) is 11.7 Å². The van der Waals surface area contributed by atoms with Crippen LogP contribution in [0.25, 0.3) is 12.3 Å². The number of anilines is 3. The summed E-state index contributed by atoms with van der Waals surface area (Å²) in [5.41, 5.74) is 6.47. The fourth-order valence-corrected chi connectivity index (χ4v) is 3.94. The standard InChI is InChI=1S/C20H20FN3O/c21-16-1-3-17(4-2-16)24-20-11-14-9-18(13-5-7-25-8-6-13)23-19(14)10-15(20)12-22-24/h1-4,9-13,18,22-23H,5-8H2. The highest BCUT2D eigenvalue weighted by molar-refractivity contribution is 5.74. The molecule has 2 aromatic rings. The maximum Gasteiger partial charge on any atom is 0.123 e. The number of ether oxygens (including phenoxy) is 1. The molecule has 25 heavy (non-hydrogen) atoms. The van der Waals surface area contributed by atoms with Crippen LogP contribution in [-0.4, -0.2) is 19.3 Å². The molecule has 5 heteroatoms. The topological polar surface area (TPSA) is 36.5 Å². The number of fused-ring (bicyclic) bond motifs is 2. The zero-order valence-electron chi connectivity index (χ0n) is 13.8. The van der Waals surface area contributed by atoms with E-state index in [9.17, 15) is 4.39 Å². The predicted octanol–water partition coefficient (Wildman–Crippen LogP) is 2.22. The summed E-state index contributed by atoms with van der Waals surface area (Å²) in [5.74, 6) is 0.407. The molecule has 1 atom stereocenters. The zero-order valence-corrected chi connectivity index (χ0v) is 13.8. The van der Waals surface area contributed by atoms with E-state index in [1.807, 2.05) is 11.2 Å². The lowest BCUT2D eigenvalue weighted by molar-refractivity contribution is 0.0658. The van der Waals surface area contributed by atoms with Gasteiger partial charge < -0.3 is 15.5 Å². The first kappa shape index (κ1) is 14.8. The average Bonchev–Trinajstić information content (AvgIpc) is 3.24. The highest BCUT2D eigenvalue weighted by atomic mass is 19.1. The summed E-state index contributed by atoms with van der Waals surface area (Å²) in [6, 6.07) is 11.3. The van der Waals surface area contributed by atoms with E-state index in [4.69, 9.17) is 4.74 Å². The van der Waals surface area contributed by atoms with Gasteiger partial charge in [0.15, 0.2) is 0 Å². The van der Waals surface area contributed by atoms with Gasteiger partial charge in [0, 0.05) is 36.4 Å². The number of hydrogen-bond acceptors (Lipinski definition) is 4. The minimum absolute atomic E-state index is 0.224. The maximum absolute atomic E-state index is 13.2. The molecule has 0 radical (unpaired) electrons. The third-order valence-corrected chi connectivity index (χ3v) is 5.33. The Bertz CT molecular complexity index is 919. The Morgan fingerprint density at radius 3 is 2.64 bits per heavy atom. The van der Waals surface area contributed by atoms with Gasteiger partial charge in [0.05, 0.1) is 11.4 Å². The Morgan fingerprint density at radius 2 is 1.84 bits per heavy atom. The van der Waals surface area contributed by atoms with Gasteiger partial charge in [0.1, 0.15) is 5.82 Å². The van der Waals surface area contributed by atoms with Gasteiger partial charge in [-0.2, -0.15) is 0 Å². The Labute approximate surface area is 145 Å². The summed E-state index contributed by atoms with van der Waals surface area (Å²) >= 11 is 0. The van der Waals surface area contributed by atoms with Gasteiger partial charge in [-0.15, -0.1) is 0 Å². The summed E-state index contributed by atoms with van der Waals surface area (Å²) in [5, 5.41) is 8.03. The molecule has 0 spiro atoms. The van der Waals surface area contributed by atoms with Crippen molar-refractivity contribution in [3.8, 4) is 0 Å². The van der Waals surface area contributed by atoms with E-state index < -0.39 is 0 Å². The highest BCUT2D eigenvalue weighted by Crippen LogP contribution is 2.27. The number of benzene rings is 2. The Balaban J connectivity index is 1.48. The van der Waals surface area contributed by atoms with Gasteiger partial charge in [-0.25, -0.2) is 4.39 Å². The molecule has 2 N–H and O–H groups in total. The van der Waals surface area contributed by atoms with Crippen molar-refractivity contribution in [2.45, 2.75) is 18.9 Å². The van der Waals surface area contributed by atoms with Crippen LogP contribution in [0.5, 0.6) is 0 Å². The smallest absolute Gasteiger partial charge is 0.123 e. The Morgan fingerprint density at radius 1 is 1.04 bits per heavy atom. The van der Waals surface area contributed by atoms with Crippen molar-refractivity contribution in [2.75, 3.05) is 23.5 Å². The molecule has 0 saturated carbocycles. The highest BCUT2D eigenvalue weighted by Gasteiger charge is 2.26. The molecule has 0 amide bonds. The third-order valence-electron chi connectivity index (χ3n) is 5.33. The molecule has 3 heterocycles. The van der Waals surface area contributed by atoms with Crippen LogP contribution in [-0.2, 0) is 4.74 Å². The second-order valence-electron chi connectivity index (χ2n) is 6.87. The quantitative estimate of drug-likeness (QED) is 0.881. The second kappa shape index (κ2) is 5.77. The maximum atomic E-state index is 13.2. The van der Waals surface area contributed by atoms with Gasteiger partial charge >= 0.3 is 0 Å². The summed E-state index contributed by atoms with van der Waals surface area (Å²) in [4.78, 5) is 0. The number of halogens is 1. The first-order chi connectivity index (χ1) is 12.3. The molecule has 128 valence electrons. The summed E-state index contributed by atoms with van der Waals surface area (Å²) in [6.07, 6.45) is 6.55. The average molecular weight is 337 g/mol. The lowest BCUT2D eigenvalue weighted by Crippen LogP contribution is -2.29. The van der Waals surface area contributed by atoms with Crippen molar-refractivity contribution in [1.29, 1.82) is 0 Å². The summed E-state index contributed by atoms with van der Waals surface area (Å²) in [6.45, 7) is 1.72. The fraction of sp³-hybridized carbons (Fsp3) is 0.300. The van der Waals surface area contributed by atoms with E-state index in [0.29, 0.717) is 12.0 Å². The lowest BCUT2D eigenvalue weighted by atomic mass is 9.92. The minimum atomic E-state index is -0.224. The first-order valence-electron chi connectivity index (χ1n) is 8.80. The molecule has 0 bridgehead atoms. The van der Waals surface area contributed by atoms with Gasteiger partial charge in [-0.3, -0.25) is 5.01 Å². The molecule has 5 rings (SSSR count). The summed E-state index contributed by atoms with van der Waals surface area (Å²) < 4.78 is 18.7. The number of nitrogens with one attached hydrogen (secondary N) is 2. The van der Waals surface area contributed by atoms with Gasteiger partial charge in [-0.05, 0) is 60.4 Å². The van der Waals surface area contributed by atoms with Gasteiger partial charge in [0.2, 0.25) is 0 Å². The van der Waals surface area contributed by atoms with Crippen LogP contribution < -0.4 is 26.2 Å². The zero-order chi connectivity index (χ0) is 16.8. The van der Waals surface area contributed by atoms with Gasteiger partial charge in [-0.1, -0.05) is 6.08 Å². The molecule has 3 aliphatic heterocycles. The molecule has 0 aromatic heterocycles. The van der Waals surface area contributed by atoms with Crippen molar-refractivity contribution in [2.24, 2.45) is 5.92 Å². The molecule has 0 aliphatic carbocycles. The Hall–Kier alpha value is -2.53. The van der Waals surface area contributed by atoms with E-state index in [0.717, 1.165) is 42.6 Å². The largest absolute Gasteiger partial charge is 0.381 e. The van der Waals surface area contributed by atoms with Crippen LogP contribution in [0.1, 0.15) is 12.8 Å². The van der Waals surface area contributed by atoms with Crippen molar-refractivity contribution in [3.05, 3.63) is 52.7 Å². The van der Waals surface area contributed by atoms with E-state index in [2.05, 4.69) is 29.0 Å². The van der Waals surface area contributed by atoms with Crippen LogP contribution in [0.3, 0.4) is 0 Å². The molecule has 1 fully saturated rings. The molecule has 2 aromatic carbocycles. The molecular weight excluding hydrogens is 317 g/mol. The number of nitrogens with zero attached hydrogens (tertiary/aromatic N) is 1.